The molecule has 0 aliphatic carbocycles. The maximum absolute atomic E-state index is 13.1. The number of carbonyl (C=O) groups excluding carboxylic acids is 1. The molecule has 5 heteroatoms. The molecule has 1 heterocycles. The van der Waals surface area contributed by atoms with E-state index in [1.165, 1.54) is 30.4 Å². The third kappa shape index (κ3) is 2.77. The fraction of sp³-hybridized carbons (Fsp3) is 0. The number of rotatable bonds is 4. The Morgan fingerprint density at radius 2 is 2.15 bits per heavy atom. The van der Waals surface area contributed by atoms with Gasteiger partial charge in [-0.3, -0.25) is 4.79 Å². The fourth-order valence-corrected chi connectivity index (χ4v) is 1.74. The second-order valence-electron chi connectivity index (χ2n) is 4.13. The summed E-state index contributed by atoms with van der Waals surface area (Å²) in [7, 11) is 0. The van der Waals surface area contributed by atoms with Gasteiger partial charge in [-0.25, -0.2) is 4.39 Å². The van der Waals surface area contributed by atoms with Gasteiger partial charge >= 0.3 is 0 Å². The normalized spacial score (nSPS) is 11.3. The molecule has 0 radical (unpaired) electrons. The van der Waals surface area contributed by atoms with E-state index in [0.717, 1.165) is 0 Å². The van der Waals surface area contributed by atoms with Crippen molar-refractivity contribution in [2.75, 3.05) is 0 Å². The minimum absolute atomic E-state index is 0.148. The lowest BCUT2D eigenvalue weighted by atomic mass is 10.2. The number of carbonyl (C=O) groups is 1. The van der Waals surface area contributed by atoms with Crippen LogP contribution >= 0.6 is 0 Å². The maximum atomic E-state index is 13.1. The smallest absolute Gasteiger partial charge is 0.272 e. The van der Waals surface area contributed by atoms with Crippen LogP contribution in [0, 0.1) is 5.82 Å². The Morgan fingerprint density at radius 3 is 2.80 bits per heavy atom. The van der Waals surface area contributed by atoms with Gasteiger partial charge in [0.1, 0.15) is 17.3 Å². The molecule has 1 amide bonds. The molecule has 3 N–H and O–H groups in total. The van der Waals surface area contributed by atoms with Crippen molar-refractivity contribution >= 4 is 16.8 Å². The third-order valence-corrected chi connectivity index (χ3v) is 2.67. The number of H-pyrrole nitrogens is 1. The number of aromatic amines is 1. The van der Waals surface area contributed by atoms with Crippen LogP contribution in [-0.4, -0.2) is 16.0 Å². The van der Waals surface area contributed by atoms with Gasteiger partial charge in [-0.2, -0.15) is 0 Å². The van der Waals surface area contributed by atoms with Gasteiger partial charge in [0.15, 0.2) is 0 Å². The number of hydrogen-bond donors (Lipinski definition) is 3. The molecule has 0 saturated carbocycles. The Bertz CT molecular complexity index is 729. The van der Waals surface area contributed by atoms with Gasteiger partial charge in [0.25, 0.3) is 5.91 Å². The molecule has 2 rings (SSSR count). The molecule has 1 aromatic carbocycles. The fourth-order valence-electron chi connectivity index (χ4n) is 1.74. The minimum Gasteiger partial charge on any atom is -0.506 e. The average molecular weight is 272 g/mol. The van der Waals surface area contributed by atoms with Crippen molar-refractivity contribution in [3.8, 4) is 0 Å². The summed E-state index contributed by atoms with van der Waals surface area (Å²) in [6, 6.07) is 5.71. The van der Waals surface area contributed by atoms with E-state index in [4.69, 9.17) is 0 Å². The maximum Gasteiger partial charge on any atom is 0.272 e. The number of nitrogens with one attached hydrogen (secondary N) is 2. The van der Waals surface area contributed by atoms with Crippen LogP contribution in [0.25, 0.3) is 10.9 Å². The van der Waals surface area contributed by atoms with Crippen molar-refractivity contribution < 1.29 is 14.3 Å². The zero-order valence-electron chi connectivity index (χ0n) is 10.6. The minimum atomic E-state index is -0.468. The van der Waals surface area contributed by atoms with E-state index in [0.29, 0.717) is 10.9 Å². The van der Waals surface area contributed by atoms with Gasteiger partial charge < -0.3 is 15.4 Å². The Kier molecular flexibility index (Phi) is 3.70. The molecule has 1 aromatic heterocycles. The second-order valence-corrected chi connectivity index (χ2v) is 4.13. The highest BCUT2D eigenvalue weighted by Gasteiger charge is 2.12. The summed E-state index contributed by atoms with van der Waals surface area (Å²) < 4.78 is 13.1. The van der Waals surface area contributed by atoms with Crippen molar-refractivity contribution in [2.45, 2.75) is 0 Å². The van der Waals surface area contributed by atoms with Crippen LogP contribution in [0.15, 0.2) is 61.0 Å². The van der Waals surface area contributed by atoms with E-state index >= 15 is 0 Å². The molecule has 0 aliphatic rings. The summed E-state index contributed by atoms with van der Waals surface area (Å²) in [6.45, 7) is 6.82. The zero-order chi connectivity index (χ0) is 14.7. The quantitative estimate of drug-likeness (QED) is 0.591. The van der Waals surface area contributed by atoms with Crippen LogP contribution in [0.2, 0.25) is 0 Å². The molecule has 102 valence electrons. The highest BCUT2D eigenvalue weighted by Crippen LogP contribution is 2.17. The topological polar surface area (TPSA) is 65.1 Å². The predicted molar refractivity (Wildman–Crippen MR) is 75.8 cm³/mol. The number of aliphatic hydroxyl groups excluding tert-OH is 1. The number of allylic oxidation sites excluding steroid dienone is 2. The molecular weight excluding hydrogens is 259 g/mol. The third-order valence-electron chi connectivity index (χ3n) is 2.67. The monoisotopic (exact) mass is 272 g/mol. The number of fused-ring (bicyclic) bond motifs is 1. The summed E-state index contributed by atoms with van der Waals surface area (Å²) in [6.07, 6.45) is 2.83. The second kappa shape index (κ2) is 5.44. The zero-order valence-corrected chi connectivity index (χ0v) is 10.6. The molecular formula is C15H13FN2O2. The number of halogens is 1. The molecule has 2 aromatic rings. The SMILES string of the molecule is C=C/C=C(/NC(=O)c1cc2cc(F)ccc2[nH]1)C(=C)O. The molecule has 0 bridgehead atoms. The standard InChI is InChI=1S/C15H13FN2O2/c1-3-4-12(9(2)19)18-15(20)14-8-10-7-11(16)5-6-13(10)17-14/h3-8,17,19H,1-2H2,(H,18,20)/b12-4+. The van der Waals surface area contributed by atoms with Gasteiger partial charge in [0, 0.05) is 10.9 Å². The molecule has 0 spiro atoms. The number of aromatic nitrogens is 1. The van der Waals surface area contributed by atoms with E-state index in [1.807, 2.05) is 0 Å². The van der Waals surface area contributed by atoms with Crippen molar-refractivity contribution in [1.82, 2.24) is 10.3 Å². The summed E-state index contributed by atoms with van der Waals surface area (Å²) in [5.74, 6) is -1.12. The van der Waals surface area contributed by atoms with Crippen molar-refractivity contribution in [1.29, 1.82) is 0 Å². The Hall–Kier alpha value is -2.82. The van der Waals surface area contributed by atoms with Crippen LogP contribution in [0.4, 0.5) is 4.39 Å². The molecule has 20 heavy (non-hydrogen) atoms. The summed E-state index contributed by atoms with van der Waals surface area (Å²) >= 11 is 0. The first-order chi connectivity index (χ1) is 9.51. The van der Waals surface area contributed by atoms with Crippen LogP contribution in [0.3, 0.4) is 0 Å². The molecule has 0 atom stereocenters. The molecule has 0 aliphatic heterocycles. The van der Waals surface area contributed by atoms with E-state index in [9.17, 15) is 14.3 Å². The Morgan fingerprint density at radius 1 is 1.40 bits per heavy atom. The Balaban J connectivity index is 2.29. The number of aliphatic hydroxyl groups is 1. The first-order valence-electron chi connectivity index (χ1n) is 5.82. The molecule has 0 saturated heterocycles. The van der Waals surface area contributed by atoms with Crippen molar-refractivity contribution in [3.63, 3.8) is 0 Å². The largest absolute Gasteiger partial charge is 0.506 e. The van der Waals surface area contributed by atoms with Gasteiger partial charge in [0.05, 0.1) is 5.70 Å². The van der Waals surface area contributed by atoms with E-state index in [2.05, 4.69) is 23.5 Å². The van der Waals surface area contributed by atoms with Crippen molar-refractivity contribution in [2.24, 2.45) is 0 Å². The van der Waals surface area contributed by atoms with Crippen LogP contribution in [-0.2, 0) is 0 Å². The summed E-state index contributed by atoms with van der Waals surface area (Å²) in [5.41, 5.74) is 1.05. The first kappa shape index (κ1) is 13.6. The van der Waals surface area contributed by atoms with Gasteiger partial charge in [-0.15, -0.1) is 0 Å². The van der Waals surface area contributed by atoms with Gasteiger partial charge in [-0.05, 0) is 30.3 Å². The lowest BCUT2D eigenvalue weighted by Gasteiger charge is -2.06. The Labute approximate surface area is 114 Å². The van der Waals surface area contributed by atoms with E-state index < -0.39 is 5.91 Å². The lowest BCUT2D eigenvalue weighted by Crippen LogP contribution is -2.23. The number of amides is 1. The van der Waals surface area contributed by atoms with Crippen LogP contribution < -0.4 is 5.32 Å². The molecule has 4 nitrogen and oxygen atoms in total. The molecule has 0 unspecified atom stereocenters. The molecule has 0 fully saturated rings. The van der Waals surface area contributed by atoms with Gasteiger partial charge in [0.2, 0.25) is 0 Å². The summed E-state index contributed by atoms with van der Waals surface area (Å²) in [5, 5.41) is 12.4. The van der Waals surface area contributed by atoms with E-state index in [1.54, 1.807) is 6.07 Å². The highest BCUT2D eigenvalue weighted by atomic mass is 19.1. The van der Waals surface area contributed by atoms with Gasteiger partial charge in [-0.1, -0.05) is 19.2 Å². The van der Waals surface area contributed by atoms with E-state index in [-0.39, 0.29) is 23.0 Å². The highest BCUT2D eigenvalue weighted by molar-refractivity contribution is 5.99. The number of benzene rings is 1. The first-order valence-corrected chi connectivity index (χ1v) is 5.82. The van der Waals surface area contributed by atoms with Crippen molar-refractivity contribution in [3.05, 3.63) is 72.5 Å². The lowest BCUT2D eigenvalue weighted by molar-refractivity contribution is 0.0960. The van der Waals surface area contributed by atoms with Crippen LogP contribution in [0.5, 0.6) is 0 Å². The van der Waals surface area contributed by atoms with Crippen LogP contribution in [0.1, 0.15) is 10.5 Å². The predicted octanol–water partition coefficient (Wildman–Crippen LogP) is 3.18. The summed E-state index contributed by atoms with van der Waals surface area (Å²) in [4.78, 5) is 14.9. The average Bonchev–Trinajstić information content (AvgIpc) is 2.80. The number of hydrogen-bond acceptors (Lipinski definition) is 2.